The Balaban J connectivity index is 2.37. The summed E-state index contributed by atoms with van der Waals surface area (Å²) in [5, 5.41) is 9.16. The predicted octanol–water partition coefficient (Wildman–Crippen LogP) is 2.46. The van der Waals surface area contributed by atoms with Crippen LogP contribution in [0.5, 0.6) is 0 Å². The van der Waals surface area contributed by atoms with Gasteiger partial charge >= 0.3 is 5.97 Å². The van der Waals surface area contributed by atoms with Gasteiger partial charge in [-0.3, -0.25) is 9.59 Å². The van der Waals surface area contributed by atoms with Gasteiger partial charge in [0, 0.05) is 30.6 Å². The molecule has 21 heavy (non-hydrogen) atoms. The Morgan fingerprint density at radius 2 is 1.71 bits per heavy atom. The van der Waals surface area contributed by atoms with Crippen LogP contribution in [0.2, 0.25) is 0 Å². The molecule has 0 bridgehead atoms. The number of hydrogen-bond acceptors (Lipinski definition) is 3. The van der Waals surface area contributed by atoms with Crippen molar-refractivity contribution >= 4 is 17.7 Å². The molecular weight excluding hydrogens is 270 g/mol. The van der Waals surface area contributed by atoms with Gasteiger partial charge in [0.15, 0.2) is 5.78 Å². The molecule has 0 heterocycles. The van der Waals surface area contributed by atoms with E-state index in [2.05, 4.69) is 0 Å². The molecular formula is C16H19NO4. The number of benzene rings is 1. The number of aromatic carboxylic acids is 1. The number of amides is 1. The number of hydrogen-bond donors (Lipinski definition) is 1. The first kappa shape index (κ1) is 15.2. The van der Waals surface area contributed by atoms with Gasteiger partial charge in [-0.25, -0.2) is 4.79 Å². The first-order valence-electron chi connectivity index (χ1n) is 7.12. The average Bonchev–Trinajstić information content (AvgIpc) is 3.30. The fraction of sp³-hybridized carbons (Fsp3) is 0.438. The number of nitrogens with zero attached hydrogens (tertiary/aromatic N) is 1. The minimum atomic E-state index is -1.13. The van der Waals surface area contributed by atoms with Gasteiger partial charge in [-0.2, -0.15) is 0 Å². The maximum Gasteiger partial charge on any atom is 0.335 e. The molecule has 0 radical (unpaired) electrons. The Bertz CT molecular complexity index is 590. The standard InChI is InChI=1S/C16H19NO4/c1-3-6-17(2)15(19)12-7-11(14(18)10-4-5-10)8-13(9-12)16(20)21/h7-10H,3-6H2,1-2H3,(H,20,21). The fourth-order valence-corrected chi connectivity index (χ4v) is 2.26. The first-order chi connectivity index (χ1) is 9.93. The van der Waals surface area contributed by atoms with Gasteiger partial charge in [0.05, 0.1) is 5.56 Å². The third kappa shape index (κ3) is 3.48. The van der Waals surface area contributed by atoms with Crippen LogP contribution in [0.15, 0.2) is 18.2 Å². The Hall–Kier alpha value is -2.17. The monoisotopic (exact) mass is 289 g/mol. The predicted molar refractivity (Wildman–Crippen MR) is 77.7 cm³/mol. The summed E-state index contributed by atoms with van der Waals surface area (Å²) in [4.78, 5) is 37.2. The summed E-state index contributed by atoms with van der Waals surface area (Å²) in [6.45, 7) is 2.54. The van der Waals surface area contributed by atoms with Crippen molar-refractivity contribution in [1.82, 2.24) is 4.90 Å². The van der Waals surface area contributed by atoms with Crippen LogP contribution in [-0.2, 0) is 0 Å². The van der Waals surface area contributed by atoms with Crippen molar-refractivity contribution in [2.24, 2.45) is 5.92 Å². The molecule has 0 spiro atoms. The van der Waals surface area contributed by atoms with Crippen molar-refractivity contribution in [2.75, 3.05) is 13.6 Å². The number of carboxylic acids is 1. The van der Waals surface area contributed by atoms with E-state index in [1.165, 1.54) is 23.1 Å². The molecule has 5 heteroatoms. The lowest BCUT2D eigenvalue weighted by molar-refractivity contribution is 0.0697. The SMILES string of the molecule is CCCN(C)C(=O)c1cc(C(=O)O)cc(C(=O)C2CC2)c1. The van der Waals surface area contributed by atoms with Crippen molar-refractivity contribution in [3.05, 3.63) is 34.9 Å². The van der Waals surface area contributed by atoms with E-state index in [0.717, 1.165) is 19.3 Å². The molecule has 1 N–H and O–H groups in total. The van der Waals surface area contributed by atoms with E-state index in [1.54, 1.807) is 7.05 Å². The van der Waals surface area contributed by atoms with Crippen LogP contribution in [0.4, 0.5) is 0 Å². The molecule has 1 aliphatic carbocycles. The molecule has 1 aromatic rings. The van der Waals surface area contributed by atoms with Crippen molar-refractivity contribution in [3.63, 3.8) is 0 Å². The largest absolute Gasteiger partial charge is 0.478 e. The van der Waals surface area contributed by atoms with Crippen LogP contribution in [0.3, 0.4) is 0 Å². The number of carboxylic acid groups (broad SMARTS) is 1. The molecule has 1 aliphatic rings. The van der Waals surface area contributed by atoms with E-state index in [9.17, 15) is 14.4 Å². The van der Waals surface area contributed by atoms with E-state index in [1.807, 2.05) is 6.92 Å². The normalized spacial score (nSPS) is 13.8. The first-order valence-corrected chi connectivity index (χ1v) is 7.12. The second-order valence-corrected chi connectivity index (χ2v) is 5.47. The molecule has 112 valence electrons. The highest BCUT2D eigenvalue weighted by Gasteiger charge is 2.31. The quantitative estimate of drug-likeness (QED) is 0.816. The van der Waals surface area contributed by atoms with Gasteiger partial charge in [-0.05, 0) is 37.5 Å². The highest BCUT2D eigenvalue weighted by Crippen LogP contribution is 2.33. The topological polar surface area (TPSA) is 74.7 Å². The van der Waals surface area contributed by atoms with Crippen LogP contribution in [0.1, 0.15) is 57.3 Å². The van der Waals surface area contributed by atoms with Gasteiger partial charge < -0.3 is 10.0 Å². The molecule has 1 saturated carbocycles. The van der Waals surface area contributed by atoms with Crippen LogP contribution < -0.4 is 0 Å². The van der Waals surface area contributed by atoms with Gasteiger partial charge in [0.1, 0.15) is 0 Å². The van der Waals surface area contributed by atoms with Crippen LogP contribution in [-0.4, -0.2) is 41.3 Å². The molecule has 0 atom stereocenters. The van der Waals surface area contributed by atoms with Crippen LogP contribution in [0.25, 0.3) is 0 Å². The summed E-state index contributed by atoms with van der Waals surface area (Å²) in [6, 6.07) is 4.21. The molecule has 1 aromatic carbocycles. The third-order valence-corrected chi connectivity index (χ3v) is 3.57. The lowest BCUT2D eigenvalue weighted by atomic mass is 10.00. The van der Waals surface area contributed by atoms with Crippen molar-refractivity contribution in [1.29, 1.82) is 0 Å². The Morgan fingerprint density at radius 3 is 2.24 bits per heavy atom. The highest BCUT2D eigenvalue weighted by molar-refractivity contribution is 6.05. The number of rotatable bonds is 6. The Kier molecular flexibility index (Phi) is 4.40. The van der Waals surface area contributed by atoms with E-state index in [4.69, 9.17) is 5.11 Å². The highest BCUT2D eigenvalue weighted by atomic mass is 16.4. The zero-order valence-corrected chi connectivity index (χ0v) is 12.3. The molecule has 1 amide bonds. The summed E-state index contributed by atoms with van der Waals surface area (Å²) < 4.78 is 0. The minimum absolute atomic E-state index is 0.00892. The molecule has 1 fully saturated rings. The molecule has 0 saturated heterocycles. The Labute approximate surface area is 123 Å². The van der Waals surface area contributed by atoms with Gasteiger partial charge in [0.2, 0.25) is 0 Å². The smallest absolute Gasteiger partial charge is 0.335 e. The van der Waals surface area contributed by atoms with Crippen molar-refractivity contribution < 1.29 is 19.5 Å². The van der Waals surface area contributed by atoms with Crippen molar-refractivity contribution in [3.8, 4) is 0 Å². The molecule has 5 nitrogen and oxygen atoms in total. The van der Waals surface area contributed by atoms with Gasteiger partial charge in [-0.15, -0.1) is 0 Å². The van der Waals surface area contributed by atoms with E-state index in [-0.39, 0.29) is 28.7 Å². The molecule has 0 aromatic heterocycles. The Morgan fingerprint density at radius 1 is 1.14 bits per heavy atom. The molecule has 0 unspecified atom stereocenters. The van der Waals surface area contributed by atoms with Crippen molar-refractivity contribution in [2.45, 2.75) is 26.2 Å². The van der Waals surface area contributed by atoms with E-state index in [0.29, 0.717) is 12.1 Å². The zero-order chi connectivity index (χ0) is 15.6. The maximum atomic E-state index is 12.3. The zero-order valence-electron chi connectivity index (χ0n) is 12.3. The third-order valence-electron chi connectivity index (χ3n) is 3.57. The number of carbonyl (C=O) groups is 3. The van der Waals surface area contributed by atoms with E-state index >= 15 is 0 Å². The maximum absolute atomic E-state index is 12.3. The lowest BCUT2D eigenvalue weighted by Crippen LogP contribution is -2.27. The summed E-state index contributed by atoms with van der Waals surface area (Å²) in [6.07, 6.45) is 2.50. The number of carbonyl (C=O) groups excluding carboxylic acids is 2. The summed E-state index contributed by atoms with van der Waals surface area (Å²) in [5.74, 6) is -1.46. The number of Topliss-reactive ketones (excluding diaryl/α,β-unsaturated/α-hetero) is 1. The molecule has 2 rings (SSSR count). The van der Waals surface area contributed by atoms with Crippen LogP contribution in [0, 0.1) is 5.92 Å². The lowest BCUT2D eigenvalue weighted by Gasteiger charge is -2.17. The van der Waals surface area contributed by atoms with Crippen LogP contribution >= 0.6 is 0 Å². The fourth-order valence-electron chi connectivity index (χ4n) is 2.26. The minimum Gasteiger partial charge on any atom is -0.478 e. The second kappa shape index (κ2) is 6.08. The summed E-state index contributed by atoms with van der Waals surface area (Å²) in [7, 11) is 1.67. The number of ketones is 1. The summed E-state index contributed by atoms with van der Waals surface area (Å²) in [5.41, 5.74) is 0.565. The molecule has 0 aliphatic heterocycles. The van der Waals surface area contributed by atoms with E-state index < -0.39 is 5.97 Å². The summed E-state index contributed by atoms with van der Waals surface area (Å²) >= 11 is 0. The second-order valence-electron chi connectivity index (χ2n) is 5.47. The van der Waals surface area contributed by atoms with Gasteiger partial charge in [0.25, 0.3) is 5.91 Å². The average molecular weight is 289 g/mol. The van der Waals surface area contributed by atoms with Gasteiger partial charge in [-0.1, -0.05) is 6.92 Å².